The van der Waals surface area contributed by atoms with Crippen LogP contribution in [0.4, 0.5) is 0 Å². The van der Waals surface area contributed by atoms with Crippen LogP contribution >= 0.6 is 12.2 Å². The van der Waals surface area contributed by atoms with Gasteiger partial charge < -0.3 is 9.80 Å². The van der Waals surface area contributed by atoms with Gasteiger partial charge in [-0.15, -0.1) is 5.10 Å². The number of hydrogen-bond donors (Lipinski definition) is 1. The SMILES string of the molecule is CN1CCN(C(=S)NN=C(c2ccccc2)c2cccnn2)CC1. The number of benzene rings is 1. The van der Waals surface area contributed by atoms with Crippen LogP contribution in [-0.4, -0.2) is 64.0 Å². The molecule has 1 aromatic heterocycles. The Balaban J connectivity index is 1.78. The second kappa shape index (κ2) is 7.94. The number of thiocarbonyl (C=S) groups is 1. The molecule has 6 nitrogen and oxygen atoms in total. The van der Waals surface area contributed by atoms with Crippen molar-refractivity contribution in [3.05, 3.63) is 59.9 Å². The lowest BCUT2D eigenvalue weighted by Crippen LogP contribution is -2.49. The van der Waals surface area contributed by atoms with Gasteiger partial charge in [0.25, 0.3) is 0 Å². The van der Waals surface area contributed by atoms with Gasteiger partial charge in [-0.05, 0) is 31.4 Å². The van der Waals surface area contributed by atoms with E-state index in [0.29, 0.717) is 10.8 Å². The average Bonchev–Trinajstić information content (AvgIpc) is 2.64. The largest absolute Gasteiger partial charge is 0.345 e. The molecule has 0 atom stereocenters. The van der Waals surface area contributed by atoms with Gasteiger partial charge >= 0.3 is 0 Å². The number of likely N-dealkylation sites (N-methyl/N-ethyl adjacent to an activating group) is 1. The first-order chi connectivity index (χ1) is 11.7. The van der Waals surface area contributed by atoms with Crippen LogP contribution in [0.1, 0.15) is 11.3 Å². The van der Waals surface area contributed by atoms with E-state index in [4.69, 9.17) is 12.2 Å². The number of aromatic nitrogens is 2. The van der Waals surface area contributed by atoms with Crippen molar-refractivity contribution in [2.75, 3.05) is 33.2 Å². The Kier molecular flexibility index (Phi) is 5.45. The number of piperazine rings is 1. The molecule has 1 aromatic carbocycles. The van der Waals surface area contributed by atoms with Crippen LogP contribution in [0.3, 0.4) is 0 Å². The zero-order valence-corrected chi connectivity index (χ0v) is 14.4. The van der Waals surface area contributed by atoms with Gasteiger partial charge in [-0.25, -0.2) is 0 Å². The van der Waals surface area contributed by atoms with E-state index in [1.54, 1.807) is 6.20 Å². The van der Waals surface area contributed by atoms with Crippen LogP contribution in [0.15, 0.2) is 53.8 Å². The molecule has 0 spiro atoms. The summed E-state index contributed by atoms with van der Waals surface area (Å²) >= 11 is 5.48. The van der Waals surface area contributed by atoms with Crippen LogP contribution in [0.2, 0.25) is 0 Å². The van der Waals surface area contributed by atoms with E-state index < -0.39 is 0 Å². The summed E-state index contributed by atoms with van der Waals surface area (Å²) in [7, 11) is 2.12. The normalized spacial score (nSPS) is 16.0. The van der Waals surface area contributed by atoms with Crippen LogP contribution in [0, 0.1) is 0 Å². The van der Waals surface area contributed by atoms with E-state index in [1.165, 1.54) is 0 Å². The fourth-order valence-electron chi connectivity index (χ4n) is 2.48. The minimum absolute atomic E-state index is 0.639. The zero-order valence-electron chi connectivity index (χ0n) is 13.6. The molecule has 2 heterocycles. The van der Waals surface area contributed by atoms with E-state index in [-0.39, 0.29) is 0 Å². The maximum absolute atomic E-state index is 5.48. The van der Waals surface area contributed by atoms with Crippen molar-refractivity contribution in [3.8, 4) is 0 Å². The summed E-state index contributed by atoms with van der Waals surface area (Å²) in [6.07, 6.45) is 1.65. The van der Waals surface area contributed by atoms with Gasteiger partial charge in [0.1, 0.15) is 11.4 Å². The first-order valence-corrected chi connectivity index (χ1v) is 8.29. The van der Waals surface area contributed by atoms with Crippen molar-refractivity contribution in [3.63, 3.8) is 0 Å². The molecule has 1 fully saturated rings. The predicted octanol–water partition coefficient (Wildman–Crippen LogP) is 1.35. The van der Waals surface area contributed by atoms with E-state index in [0.717, 1.165) is 37.5 Å². The van der Waals surface area contributed by atoms with Crippen LogP contribution < -0.4 is 5.43 Å². The van der Waals surface area contributed by atoms with E-state index in [1.807, 2.05) is 42.5 Å². The Morgan fingerprint density at radius 3 is 2.50 bits per heavy atom. The summed E-state index contributed by atoms with van der Waals surface area (Å²) < 4.78 is 0. The minimum Gasteiger partial charge on any atom is -0.345 e. The fourth-order valence-corrected chi connectivity index (χ4v) is 2.71. The minimum atomic E-state index is 0.639. The fraction of sp³-hybridized carbons (Fsp3) is 0.294. The molecule has 0 amide bonds. The number of nitrogens with one attached hydrogen (secondary N) is 1. The van der Waals surface area contributed by atoms with Crippen molar-refractivity contribution in [1.82, 2.24) is 25.4 Å². The van der Waals surface area contributed by atoms with E-state index >= 15 is 0 Å². The smallest absolute Gasteiger partial charge is 0.189 e. The monoisotopic (exact) mass is 340 g/mol. The van der Waals surface area contributed by atoms with Crippen LogP contribution in [0.5, 0.6) is 0 Å². The Hall–Kier alpha value is -2.38. The molecule has 1 aliphatic heterocycles. The standard InChI is InChI=1S/C17H20N6S/c1-22-10-12-23(13-11-22)17(24)21-20-16(14-6-3-2-4-7-14)15-8-5-9-18-19-15/h2-9H,10-13H2,1H3,(H,21,24). The Bertz CT molecular complexity index is 654. The highest BCUT2D eigenvalue weighted by Crippen LogP contribution is 2.08. The second-order valence-corrected chi connectivity index (χ2v) is 6.03. The molecule has 0 aliphatic carbocycles. The number of hydrogen-bond acceptors (Lipinski definition) is 5. The molecule has 0 bridgehead atoms. The molecule has 7 heteroatoms. The van der Waals surface area contributed by atoms with Crippen molar-refractivity contribution in [2.45, 2.75) is 0 Å². The van der Waals surface area contributed by atoms with Gasteiger partial charge in [0.2, 0.25) is 0 Å². The van der Waals surface area contributed by atoms with Gasteiger partial charge in [0.05, 0.1) is 0 Å². The number of nitrogens with zero attached hydrogens (tertiary/aromatic N) is 5. The summed E-state index contributed by atoms with van der Waals surface area (Å²) in [6, 6.07) is 13.6. The molecular formula is C17H20N6S. The molecule has 1 saturated heterocycles. The first-order valence-electron chi connectivity index (χ1n) is 7.88. The van der Waals surface area contributed by atoms with Gasteiger partial charge in [-0.2, -0.15) is 10.2 Å². The molecule has 0 saturated carbocycles. The highest BCUT2D eigenvalue weighted by atomic mass is 32.1. The zero-order chi connectivity index (χ0) is 16.8. The van der Waals surface area contributed by atoms with Gasteiger partial charge in [0.15, 0.2) is 5.11 Å². The third-order valence-electron chi connectivity index (χ3n) is 3.92. The maximum atomic E-state index is 5.48. The van der Waals surface area contributed by atoms with Crippen LogP contribution in [0.25, 0.3) is 0 Å². The molecular weight excluding hydrogens is 320 g/mol. The Morgan fingerprint density at radius 2 is 1.83 bits per heavy atom. The summed E-state index contributed by atoms with van der Waals surface area (Å²) in [5.41, 5.74) is 5.42. The Labute approximate surface area is 147 Å². The van der Waals surface area contributed by atoms with Gasteiger partial charge in [0, 0.05) is 37.9 Å². The lowest BCUT2D eigenvalue weighted by Gasteiger charge is -2.33. The highest BCUT2D eigenvalue weighted by Gasteiger charge is 2.16. The van der Waals surface area contributed by atoms with E-state index in [9.17, 15) is 0 Å². The third kappa shape index (κ3) is 4.12. The molecule has 3 rings (SSSR count). The van der Waals surface area contributed by atoms with Crippen molar-refractivity contribution < 1.29 is 0 Å². The van der Waals surface area contributed by atoms with Crippen molar-refractivity contribution >= 4 is 23.0 Å². The molecule has 2 aromatic rings. The first kappa shape index (κ1) is 16.5. The van der Waals surface area contributed by atoms with Gasteiger partial charge in [-0.1, -0.05) is 30.3 Å². The molecule has 24 heavy (non-hydrogen) atoms. The molecule has 124 valence electrons. The van der Waals surface area contributed by atoms with Crippen molar-refractivity contribution in [2.24, 2.45) is 5.10 Å². The quantitative estimate of drug-likeness (QED) is 0.517. The summed E-state index contributed by atoms with van der Waals surface area (Å²) in [5, 5.41) is 13.3. The lowest BCUT2D eigenvalue weighted by atomic mass is 10.1. The van der Waals surface area contributed by atoms with E-state index in [2.05, 4.69) is 37.6 Å². The molecule has 1 aliphatic rings. The Morgan fingerprint density at radius 1 is 1.08 bits per heavy atom. The molecule has 0 unspecified atom stereocenters. The summed E-state index contributed by atoms with van der Waals surface area (Å²) in [4.78, 5) is 4.43. The predicted molar refractivity (Wildman–Crippen MR) is 98.9 cm³/mol. The third-order valence-corrected chi connectivity index (χ3v) is 4.27. The number of hydrazone groups is 1. The summed E-state index contributed by atoms with van der Waals surface area (Å²) in [5.74, 6) is 0. The van der Waals surface area contributed by atoms with Gasteiger partial charge in [-0.3, -0.25) is 5.43 Å². The average molecular weight is 340 g/mol. The summed E-state index contributed by atoms with van der Waals surface area (Å²) in [6.45, 7) is 3.82. The molecule has 0 radical (unpaired) electrons. The topological polar surface area (TPSA) is 56.6 Å². The molecule has 1 N–H and O–H groups in total. The second-order valence-electron chi connectivity index (χ2n) is 5.64. The highest BCUT2D eigenvalue weighted by molar-refractivity contribution is 7.80. The van der Waals surface area contributed by atoms with Crippen molar-refractivity contribution in [1.29, 1.82) is 0 Å². The maximum Gasteiger partial charge on any atom is 0.189 e. The van der Waals surface area contributed by atoms with Crippen LogP contribution in [-0.2, 0) is 0 Å². The lowest BCUT2D eigenvalue weighted by molar-refractivity contribution is 0.214. The number of rotatable bonds is 3.